The molecule has 104 valence electrons. The molecule has 2 rings (SSSR count). The molecule has 0 radical (unpaired) electrons. The number of nitrogens with zero attached hydrogens (tertiary/aromatic N) is 1. The molecule has 0 aliphatic rings. The smallest absolute Gasteiger partial charge is 0.203 e. The van der Waals surface area contributed by atoms with Crippen LogP contribution in [-0.2, 0) is 0 Å². The van der Waals surface area contributed by atoms with Gasteiger partial charge in [-0.15, -0.1) is 0 Å². The van der Waals surface area contributed by atoms with Crippen LogP contribution in [0.1, 0.15) is 15.9 Å². The Morgan fingerprint density at radius 2 is 1.95 bits per heavy atom. The maximum atomic E-state index is 12.3. The number of hydrogen-bond acceptors (Lipinski definition) is 3. The van der Waals surface area contributed by atoms with Crippen LogP contribution >= 0.6 is 15.9 Å². The van der Waals surface area contributed by atoms with Gasteiger partial charge in [-0.2, -0.15) is 5.26 Å². The summed E-state index contributed by atoms with van der Waals surface area (Å²) in [5, 5.41) is 9.26. The number of rotatable bonds is 4. The average molecular weight is 342 g/mol. The summed E-state index contributed by atoms with van der Waals surface area (Å²) in [6.07, 6.45) is 1.54. The van der Waals surface area contributed by atoms with Gasteiger partial charge in [0, 0.05) is 15.6 Å². The second-order valence-corrected chi connectivity index (χ2v) is 5.17. The summed E-state index contributed by atoms with van der Waals surface area (Å²) in [6.45, 7) is 0. The third-order valence-corrected chi connectivity index (χ3v) is 3.39. The molecular weight excluding hydrogens is 330 g/mol. The second-order valence-electron chi connectivity index (χ2n) is 4.25. The molecule has 0 fully saturated rings. The Kier molecular flexibility index (Phi) is 4.91. The van der Waals surface area contributed by atoms with Crippen LogP contribution in [0.15, 0.2) is 58.6 Å². The standard InChI is InChI=1S/C17H12BrNO2/c1-21-16-8-7-15(18)10-13(16)9-14(11-19)17(20)12-5-3-2-4-6-12/h2-10H,1H3. The number of hydrogen-bond donors (Lipinski definition) is 0. The van der Waals surface area contributed by atoms with Crippen LogP contribution in [0.25, 0.3) is 6.08 Å². The molecule has 0 atom stereocenters. The van der Waals surface area contributed by atoms with E-state index in [1.54, 1.807) is 49.6 Å². The summed E-state index contributed by atoms with van der Waals surface area (Å²) in [4.78, 5) is 12.3. The molecule has 21 heavy (non-hydrogen) atoms. The van der Waals surface area contributed by atoms with Crippen molar-refractivity contribution in [1.82, 2.24) is 0 Å². The molecule has 0 aliphatic heterocycles. The van der Waals surface area contributed by atoms with E-state index < -0.39 is 0 Å². The molecular formula is C17H12BrNO2. The fraction of sp³-hybridized carbons (Fsp3) is 0.0588. The first-order valence-electron chi connectivity index (χ1n) is 6.21. The molecule has 0 saturated heterocycles. The highest BCUT2D eigenvalue weighted by atomic mass is 79.9. The zero-order valence-corrected chi connectivity index (χ0v) is 12.9. The number of benzene rings is 2. The van der Waals surface area contributed by atoms with E-state index in [9.17, 15) is 10.1 Å². The molecule has 0 heterocycles. The van der Waals surface area contributed by atoms with Crippen LogP contribution < -0.4 is 4.74 Å². The molecule has 3 nitrogen and oxygen atoms in total. The largest absolute Gasteiger partial charge is 0.496 e. The highest BCUT2D eigenvalue weighted by Gasteiger charge is 2.13. The Morgan fingerprint density at radius 1 is 1.24 bits per heavy atom. The summed E-state index contributed by atoms with van der Waals surface area (Å²) >= 11 is 3.37. The van der Waals surface area contributed by atoms with Crippen molar-refractivity contribution in [3.8, 4) is 11.8 Å². The van der Waals surface area contributed by atoms with Crippen molar-refractivity contribution in [3.05, 3.63) is 69.7 Å². The summed E-state index contributed by atoms with van der Waals surface area (Å²) < 4.78 is 6.09. The Labute approximate surface area is 131 Å². The summed E-state index contributed by atoms with van der Waals surface area (Å²) in [5.74, 6) is 0.298. The first kappa shape index (κ1) is 15.0. The number of allylic oxidation sites excluding steroid dienone is 1. The number of methoxy groups -OCH3 is 1. The lowest BCUT2D eigenvalue weighted by Crippen LogP contribution is -2.01. The first-order valence-corrected chi connectivity index (χ1v) is 7.00. The number of nitriles is 1. The van der Waals surface area contributed by atoms with Gasteiger partial charge in [-0.1, -0.05) is 46.3 Å². The van der Waals surface area contributed by atoms with E-state index in [-0.39, 0.29) is 11.4 Å². The molecule has 0 amide bonds. The zero-order chi connectivity index (χ0) is 15.2. The van der Waals surface area contributed by atoms with E-state index in [1.165, 1.54) is 0 Å². The van der Waals surface area contributed by atoms with Gasteiger partial charge < -0.3 is 4.74 Å². The van der Waals surface area contributed by atoms with Crippen molar-refractivity contribution >= 4 is 27.8 Å². The van der Waals surface area contributed by atoms with Gasteiger partial charge in [0.05, 0.1) is 7.11 Å². The number of Topliss-reactive ketones (excluding diaryl/α,β-unsaturated/α-hetero) is 1. The lowest BCUT2D eigenvalue weighted by molar-refractivity contribution is 0.104. The van der Waals surface area contributed by atoms with Crippen LogP contribution in [0.3, 0.4) is 0 Å². The molecule has 0 bridgehead atoms. The predicted molar refractivity (Wildman–Crippen MR) is 85.1 cm³/mol. The summed E-state index contributed by atoms with van der Waals surface area (Å²) in [5.41, 5.74) is 1.23. The molecule has 0 saturated carbocycles. The molecule has 0 spiro atoms. The van der Waals surface area contributed by atoms with E-state index in [4.69, 9.17) is 4.74 Å². The van der Waals surface area contributed by atoms with Gasteiger partial charge in [-0.3, -0.25) is 4.79 Å². The molecule has 4 heteroatoms. The van der Waals surface area contributed by atoms with Gasteiger partial charge in [-0.05, 0) is 24.3 Å². The maximum absolute atomic E-state index is 12.3. The second kappa shape index (κ2) is 6.87. The monoisotopic (exact) mass is 341 g/mol. The third kappa shape index (κ3) is 3.59. The fourth-order valence-electron chi connectivity index (χ4n) is 1.87. The van der Waals surface area contributed by atoms with Gasteiger partial charge in [0.25, 0.3) is 0 Å². The minimum absolute atomic E-state index is 0.0672. The Balaban J connectivity index is 2.45. The normalized spacial score (nSPS) is 10.8. The molecule has 0 unspecified atom stereocenters. The van der Waals surface area contributed by atoms with Crippen LogP contribution in [0, 0.1) is 11.3 Å². The SMILES string of the molecule is COc1ccc(Br)cc1C=C(C#N)C(=O)c1ccccc1. The lowest BCUT2D eigenvalue weighted by atomic mass is 10.0. The maximum Gasteiger partial charge on any atom is 0.203 e. The third-order valence-electron chi connectivity index (χ3n) is 2.89. The topological polar surface area (TPSA) is 50.1 Å². The van der Waals surface area contributed by atoms with Crippen molar-refractivity contribution in [2.75, 3.05) is 7.11 Å². The number of halogens is 1. The van der Waals surface area contributed by atoms with Gasteiger partial charge >= 0.3 is 0 Å². The number of carbonyl (C=O) groups is 1. The van der Waals surface area contributed by atoms with Crippen molar-refractivity contribution in [2.45, 2.75) is 0 Å². The van der Waals surface area contributed by atoms with E-state index in [0.29, 0.717) is 16.9 Å². The Bertz CT molecular complexity index is 730. The fourth-order valence-corrected chi connectivity index (χ4v) is 2.25. The van der Waals surface area contributed by atoms with Gasteiger partial charge in [0.15, 0.2) is 0 Å². The van der Waals surface area contributed by atoms with Crippen molar-refractivity contribution in [3.63, 3.8) is 0 Å². The minimum Gasteiger partial charge on any atom is -0.496 e. The minimum atomic E-state index is -0.305. The molecule has 0 N–H and O–H groups in total. The quantitative estimate of drug-likeness (QED) is 0.474. The van der Waals surface area contributed by atoms with E-state index in [0.717, 1.165) is 4.47 Å². The Hall–Kier alpha value is -2.38. The predicted octanol–water partition coefficient (Wildman–Crippen LogP) is 4.25. The number of ketones is 1. The highest BCUT2D eigenvalue weighted by molar-refractivity contribution is 9.10. The van der Waals surface area contributed by atoms with Crippen LogP contribution in [0.4, 0.5) is 0 Å². The highest BCUT2D eigenvalue weighted by Crippen LogP contribution is 2.25. The van der Waals surface area contributed by atoms with Crippen LogP contribution in [0.5, 0.6) is 5.75 Å². The summed E-state index contributed by atoms with van der Waals surface area (Å²) in [6, 6.07) is 16.1. The average Bonchev–Trinajstić information content (AvgIpc) is 2.53. The van der Waals surface area contributed by atoms with Gasteiger partial charge in [0.1, 0.15) is 17.4 Å². The van der Waals surface area contributed by atoms with Crippen LogP contribution in [0.2, 0.25) is 0 Å². The first-order chi connectivity index (χ1) is 10.2. The number of ether oxygens (including phenoxy) is 1. The molecule has 0 aliphatic carbocycles. The van der Waals surface area contributed by atoms with Gasteiger partial charge in [-0.25, -0.2) is 0 Å². The summed E-state index contributed by atoms with van der Waals surface area (Å²) in [7, 11) is 1.55. The van der Waals surface area contributed by atoms with Crippen molar-refractivity contribution in [2.24, 2.45) is 0 Å². The lowest BCUT2D eigenvalue weighted by Gasteiger charge is -2.06. The van der Waals surface area contributed by atoms with Crippen molar-refractivity contribution < 1.29 is 9.53 Å². The Morgan fingerprint density at radius 3 is 2.57 bits per heavy atom. The number of carbonyl (C=O) groups excluding carboxylic acids is 1. The van der Waals surface area contributed by atoms with Crippen molar-refractivity contribution in [1.29, 1.82) is 5.26 Å². The van der Waals surface area contributed by atoms with E-state index in [2.05, 4.69) is 15.9 Å². The molecule has 0 aromatic heterocycles. The van der Waals surface area contributed by atoms with Crippen LogP contribution in [-0.4, -0.2) is 12.9 Å². The van der Waals surface area contributed by atoms with E-state index >= 15 is 0 Å². The molecule has 2 aromatic carbocycles. The zero-order valence-electron chi connectivity index (χ0n) is 11.3. The van der Waals surface area contributed by atoms with Gasteiger partial charge in [0.2, 0.25) is 5.78 Å². The molecule has 2 aromatic rings. The van der Waals surface area contributed by atoms with E-state index in [1.807, 2.05) is 18.2 Å².